The number of nitrogens with two attached hydrogens (primary N) is 1. The third-order valence-electron chi connectivity index (χ3n) is 4.67. The minimum absolute atomic E-state index is 0.190. The van der Waals surface area contributed by atoms with Crippen LogP contribution in [0.25, 0.3) is 0 Å². The van der Waals surface area contributed by atoms with E-state index < -0.39 is 11.6 Å². The van der Waals surface area contributed by atoms with Crippen LogP contribution in [0.1, 0.15) is 24.8 Å². The molecule has 1 saturated carbocycles. The Labute approximate surface area is 112 Å². The van der Waals surface area contributed by atoms with E-state index in [4.69, 9.17) is 5.73 Å². The van der Waals surface area contributed by atoms with Gasteiger partial charge in [-0.2, -0.15) is 0 Å². The van der Waals surface area contributed by atoms with Gasteiger partial charge in [0.15, 0.2) is 0 Å². The minimum atomic E-state index is -0.445. The van der Waals surface area contributed by atoms with Crippen molar-refractivity contribution in [1.29, 1.82) is 0 Å². The fourth-order valence-electron chi connectivity index (χ4n) is 3.65. The highest BCUT2D eigenvalue weighted by atomic mass is 19.1. The Morgan fingerprint density at radius 2 is 1.89 bits per heavy atom. The summed E-state index contributed by atoms with van der Waals surface area (Å²) in [5.74, 6) is 0.223. The van der Waals surface area contributed by atoms with Crippen LogP contribution in [0.4, 0.5) is 8.78 Å². The van der Waals surface area contributed by atoms with Gasteiger partial charge in [0.05, 0.1) is 0 Å². The molecule has 1 aliphatic carbocycles. The molecule has 1 heterocycles. The smallest absolute Gasteiger partial charge is 0.130 e. The number of hydrogen-bond donors (Lipinski definition) is 1. The number of nitrogens with zero attached hydrogens (tertiary/aromatic N) is 1. The first-order valence-electron chi connectivity index (χ1n) is 7.06. The van der Waals surface area contributed by atoms with Gasteiger partial charge in [0.25, 0.3) is 0 Å². The maximum atomic E-state index is 13.7. The van der Waals surface area contributed by atoms with Crippen molar-refractivity contribution in [3.63, 3.8) is 0 Å². The molecule has 1 saturated heterocycles. The number of fused-ring (bicyclic) bond motifs is 1. The summed E-state index contributed by atoms with van der Waals surface area (Å²) in [6, 6.07) is 4.32. The van der Waals surface area contributed by atoms with Crippen molar-refractivity contribution >= 4 is 0 Å². The zero-order valence-corrected chi connectivity index (χ0v) is 11.0. The van der Waals surface area contributed by atoms with Gasteiger partial charge in [-0.15, -0.1) is 0 Å². The van der Waals surface area contributed by atoms with Crippen LogP contribution in [-0.4, -0.2) is 24.0 Å². The summed E-state index contributed by atoms with van der Waals surface area (Å²) in [4.78, 5) is 2.15. The summed E-state index contributed by atoms with van der Waals surface area (Å²) in [5.41, 5.74) is 6.35. The van der Waals surface area contributed by atoms with E-state index in [1.165, 1.54) is 31.0 Å². The molecule has 3 atom stereocenters. The summed E-state index contributed by atoms with van der Waals surface area (Å²) in [5, 5.41) is 0. The molecule has 1 aromatic carbocycles. The lowest BCUT2D eigenvalue weighted by Gasteiger charge is -2.29. The fourth-order valence-corrected chi connectivity index (χ4v) is 3.65. The number of halogens is 2. The van der Waals surface area contributed by atoms with Crippen molar-refractivity contribution in [2.24, 2.45) is 17.6 Å². The Kier molecular flexibility index (Phi) is 3.54. The van der Waals surface area contributed by atoms with E-state index in [-0.39, 0.29) is 11.6 Å². The molecule has 0 amide bonds. The SMILES string of the molecule is NC1CCCC2CN(Cc3c(F)cccc3F)CC12. The molecule has 3 unspecified atom stereocenters. The molecule has 104 valence electrons. The van der Waals surface area contributed by atoms with Crippen LogP contribution in [-0.2, 0) is 6.54 Å². The monoisotopic (exact) mass is 266 g/mol. The Balaban J connectivity index is 1.72. The molecule has 1 aliphatic heterocycles. The molecule has 2 nitrogen and oxygen atoms in total. The molecule has 2 N–H and O–H groups in total. The predicted molar refractivity (Wildman–Crippen MR) is 70.4 cm³/mol. The molecule has 0 aromatic heterocycles. The first-order chi connectivity index (χ1) is 9.15. The van der Waals surface area contributed by atoms with Crippen molar-refractivity contribution in [1.82, 2.24) is 4.90 Å². The zero-order chi connectivity index (χ0) is 13.4. The van der Waals surface area contributed by atoms with Gasteiger partial charge in [-0.05, 0) is 36.8 Å². The molecule has 3 rings (SSSR count). The average molecular weight is 266 g/mol. The van der Waals surface area contributed by atoms with Gasteiger partial charge in [-0.25, -0.2) is 8.78 Å². The van der Waals surface area contributed by atoms with Gasteiger partial charge in [0, 0.05) is 31.2 Å². The second kappa shape index (κ2) is 5.17. The maximum absolute atomic E-state index is 13.7. The lowest BCUT2D eigenvalue weighted by Crippen LogP contribution is -2.38. The number of likely N-dealkylation sites (tertiary alicyclic amines) is 1. The van der Waals surface area contributed by atoms with Gasteiger partial charge in [0.1, 0.15) is 11.6 Å². The van der Waals surface area contributed by atoms with Crippen LogP contribution in [0, 0.1) is 23.5 Å². The van der Waals surface area contributed by atoms with Crippen LogP contribution in [0.3, 0.4) is 0 Å². The summed E-state index contributed by atoms with van der Waals surface area (Å²) in [7, 11) is 0. The van der Waals surface area contributed by atoms with Crippen LogP contribution in [0.5, 0.6) is 0 Å². The van der Waals surface area contributed by atoms with Gasteiger partial charge in [0.2, 0.25) is 0 Å². The number of hydrogen-bond acceptors (Lipinski definition) is 2. The van der Waals surface area contributed by atoms with Crippen LogP contribution in [0.15, 0.2) is 18.2 Å². The first kappa shape index (κ1) is 13.0. The van der Waals surface area contributed by atoms with E-state index in [0.29, 0.717) is 18.4 Å². The normalized spacial score (nSPS) is 31.4. The molecule has 4 heteroatoms. The molecule has 1 aromatic rings. The third kappa shape index (κ3) is 2.51. The van der Waals surface area contributed by atoms with Crippen molar-refractivity contribution in [2.75, 3.05) is 13.1 Å². The van der Waals surface area contributed by atoms with Gasteiger partial charge in [-0.3, -0.25) is 4.90 Å². The highest BCUT2D eigenvalue weighted by Gasteiger charge is 2.38. The van der Waals surface area contributed by atoms with E-state index in [0.717, 1.165) is 19.5 Å². The molecule has 2 fully saturated rings. The van der Waals surface area contributed by atoms with Gasteiger partial charge >= 0.3 is 0 Å². The highest BCUT2D eigenvalue weighted by Crippen LogP contribution is 2.36. The second-order valence-corrected chi connectivity index (χ2v) is 5.91. The Morgan fingerprint density at radius 1 is 1.16 bits per heavy atom. The number of benzene rings is 1. The van der Waals surface area contributed by atoms with Crippen molar-refractivity contribution in [3.05, 3.63) is 35.4 Å². The zero-order valence-electron chi connectivity index (χ0n) is 11.0. The highest BCUT2D eigenvalue weighted by molar-refractivity contribution is 5.19. The Morgan fingerprint density at radius 3 is 2.58 bits per heavy atom. The maximum Gasteiger partial charge on any atom is 0.130 e. The molecule has 2 aliphatic rings. The lowest BCUT2D eigenvalue weighted by atomic mass is 9.78. The van der Waals surface area contributed by atoms with E-state index >= 15 is 0 Å². The van der Waals surface area contributed by atoms with E-state index in [9.17, 15) is 8.78 Å². The predicted octanol–water partition coefficient (Wildman–Crippen LogP) is 2.52. The van der Waals surface area contributed by atoms with Crippen LogP contribution in [0.2, 0.25) is 0 Å². The van der Waals surface area contributed by atoms with Crippen LogP contribution >= 0.6 is 0 Å². The fraction of sp³-hybridized carbons (Fsp3) is 0.600. The minimum Gasteiger partial charge on any atom is -0.327 e. The Hall–Kier alpha value is -1.00. The summed E-state index contributed by atoms with van der Waals surface area (Å²) < 4.78 is 27.3. The van der Waals surface area contributed by atoms with E-state index in [2.05, 4.69) is 4.90 Å². The topological polar surface area (TPSA) is 29.3 Å². The molecular weight excluding hydrogens is 246 g/mol. The first-order valence-corrected chi connectivity index (χ1v) is 7.06. The third-order valence-corrected chi connectivity index (χ3v) is 4.67. The second-order valence-electron chi connectivity index (χ2n) is 5.91. The van der Waals surface area contributed by atoms with E-state index in [1.54, 1.807) is 0 Å². The summed E-state index contributed by atoms with van der Waals surface area (Å²) in [6.45, 7) is 2.16. The van der Waals surface area contributed by atoms with Gasteiger partial charge in [-0.1, -0.05) is 12.5 Å². The van der Waals surface area contributed by atoms with E-state index in [1.807, 2.05) is 0 Å². The molecular formula is C15H20F2N2. The standard InChI is InChI=1S/C15H20F2N2/c16-13-4-2-5-14(17)12(13)9-19-7-10-3-1-6-15(18)11(10)8-19/h2,4-5,10-11,15H,1,3,6-9,18H2. The lowest BCUT2D eigenvalue weighted by molar-refractivity contribution is 0.259. The quantitative estimate of drug-likeness (QED) is 0.891. The number of rotatable bonds is 2. The van der Waals surface area contributed by atoms with Crippen molar-refractivity contribution in [2.45, 2.75) is 31.8 Å². The molecule has 0 bridgehead atoms. The summed E-state index contributed by atoms with van der Waals surface area (Å²) >= 11 is 0. The molecule has 0 radical (unpaired) electrons. The largest absolute Gasteiger partial charge is 0.327 e. The van der Waals surface area contributed by atoms with Gasteiger partial charge < -0.3 is 5.73 Å². The average Bonchev–Trinajstić information content (AvgIpc) is 2.78. The van der Waals surface area contributed by atoms with Crippen LogP contribution < -0.4 is 5.73 Å². The summed E-state index contributed by atoms with van der Waals surface area (Å²) in [6.07, 6.45) is 3.47. The molecule has 0 spiro atoms. The molecule has 19 heavy (non-hydrogen) atoms. The van der Waals surface area contributed by atoms with Crippen molar-refractivity contribution < 1.29 is 8.78 Å². The van der Waals surface area contributed by atoms with Crippen molar-refractivity contribution in [3.8, 4) is 0 Å². The Bertz CT molecular complexity index is 443.